The van der Waals surface area contributed by atoms with E-state index < -0.39 is 42.2 Å². The molecule has 0 aromatic heterocycles. The topological polar surface area (TPSA) is 146 Å². The fourth-order valence-electron chi connectivity index (χ4n) is 8.05. The molecule has 0 radical (unpaired) electrons. The number of piperidine rings is 1. The van der Waals surface area contributed by atoms with Gasteiger partial charge in [0.05, 0.1) is 36.6 Å². The first-order chi connectivity index (χ1) is 21.2. The molecule has 0 spiro atoms. The number of carbonyl (C=O) groups is 5. The first-order valence-corrected chi connectivity index (χ1v) is 16.6. The number of carbonyl (C=O) groups excluding carboxylic acids is 4. The molecule has 3 fully saturated rings. The van der Waals surface area contributed by atoms with Crippen LogP contribution in [-0.4, -0.2) is 120 Å². The second-order valence-corrected chi connectivity index (χ2v) is 13.8. The summed E-state index contributed by atoms with van der Waals surface area (Å²) in [5.41, 5.74) is 0. The summed E-state index contributed by atoms with van der Waals surface area (Å²) in [7, 11) is 4.71. The van der Waals surface area contributed by atoms with Gasteiger partial charge < -0.3 is 34.6 Å². The molecule has 2 bridgehead atoms. The predicted molar refractivity (Wildman–Crippen MR) is 168 cm³/mol. The summed E-state index contributed by atoms with van der Waals surface area (Å²) in [6.07, 6.45) is 3.45. The lowest BCUT2D eigenvalue weighted by atomic mass is 9.89. The van der Waals surface area contributed by atoms with Gasteiger partial charge in [0.15, 0.2) is 0 Å². The minimum absolute atomic E-state index is 0.00886. The van der Waals surface area contributed by atoms with Crippen LogP contribution < -0.4 is 5.32 Å². The van der Waals surface area contributed by atoms with Crippen LogP contribution in [0, 0.1) is 23.7 Å². The van der Waals surface area contributed by atoms with Gasteiger partial charge in [-0.1, -0.05) is 34.1 Å². The lowest BCUT2D eigenvalue weighted by Gasteiger charge is -2.41. The van der Waals surface area contributed by atoms with Gasteiger partial charge in [-0.2, -0.15) is 0 Å². The second-order valence-electron chi connectivity index (χ2n) is 13.8. The van der Waals surface area contributed by atoms with Crippen LogP contribution in [0.15, 0.2) is 0 Å². The molecule has 12 nitrogen and oxygen atoms in total. The Balaban J connectivity index is 1.79. The van der Waals surface area contributed by atoms with Crippen molar-refractivity contribution < 1.29 is 38.6 Å². The third-order valence-electron chi connectivity index (χ3n) is 10.7. The standard InChI is InChI=1S/C33H56N4O8/c1-10-19(4)28(25(44-8)17-26(39)36-15-11-12-24(36)30(45-9)20(5)33(42)43)35(7)32(41)27(18(2)3)34-31(40)29-22-13-14-23(16-22)37(29)21(6)38/h18-20,22-25,27-30H,10-17H2,1-9H3,(H,34,40)(H,42,43)/t19-,20+,22-,23+,24?,25+,27?,28-,29-,30+/m0/s1. The van der Waals surface area contributed by atoms with Crippen molar-refractivity contribution in [2.24, 2.45) is 23.7 Å². The van der Waals surface area contributed by atoms with E-state index in [4.69, 9.17) is 9.47 Å². The number of rotatable bonds is 15. The number of hydrogen-bond acceptors (Lipinski definition) is 7. The lowest BCUT2D eigenvalue weighted by Crippen LogP contribution is -2.60. The molecule has 256 valence electrons. The van der Waals surface area contributed by atoms with Gasteiger partial charge in [-0.3, -0.25) is 24.0 Å². The lowest BCUT2D eigenvalue weighted by molar-refractivity contribution is -0.152. The number of likely N-dealkylation sites (tertiary alicyclic amines) is 2. The third kappa shape index (κ3) is 7.81. The fraction of sp³-hybridized carbons (Fsp3) is 0.848. The van der Waals surface area contributed by atoms with Gasteiger partial charge in [0.1, 0.15) is 12.1 Å². The minimum atomic E-state index is -0.978. The number of aliphatic carboxylic acids is 1. The van der Waals surface area contributed by atoms with Crippen LogP contribution in [0.1, 0.15) is 86.5 Å². The van der Waals surface area contributed by atoms with Crippen molar-refractivity contribution in [3.05, 3.63) is 0 Å². The van der Waals surface area contributed by atoms with Gasteiger partial charge >= 0.3 is 5.97 Å². The average Bonchev–Trinajstić information content (AvgIpc) is 3.76. The van der Waals surface area contributed by atoms with Gasteiger partial charge in [-0.15, -0.1) is 0 Å². The number of nitrogens with zero attached hydrogens (tertiary/aromatic N) is 3. The Labute approximate surface area is 268 Å². The van der Waals surface area contributed by atoms with Crippen molar-refractivity contribution in [2.45, 2.75) is 129 Å². The molecule has 1 saturated carbocycles. The summed E-state index contributed by atoms with van der Waals surface area (Å²) in [5, 5.41) is 12.6. The maximum absolute atomic E-state index is 14.2. The van der Waals surface area contributed by atoms with E-state index in [0.29, 0.717) is 13.0 Å². The zero-order valence-corrected chi connectivity index (χ0v) is 28.7. The Kier molecular flexibility index (Phi) is 12.8. The molecule has 2 N–H and O–H groups in total. The normalized spacial score (nSPS) is 26.7. The van der Waals surface area contributed by atoms with Crippen LogP contribution in [0.3, 0.4) is 0 Å². The zero-order valence-electron chi connectivity index (χ0n) is 28.7. The van der Waals surface area contributed by atoms with Crippen molar-refractivity contribution in [3.8, 4) is 0 Å². The number of carboxylic acid groups (broad SMARTS) is 1. The molecule has 2 saturated heterocycles. The molecule has 2 unspecified atom stereocenters. The van der Waals surface area contributed by atoms with E-state index in [9.17, 15) is 29.1 Å². The molecule has 1 aliphatic carbocycles. The number of amides is 4. The van der Waals surface area contributed by atoms with Gasteiger partial charge in [-0.05, 0) is 56.8 Å². The van der Waals surface area contributed by atoms with E-state index in [0.717, 1.165) is 32.1 Å². The van der Waals surface area contributed by atoms with Crippen molar-refractivity contribution in [1.82, 2.24) is 20.0 Å². The smallest absolute Gasteiger partial charge is 0.308 e. The Morgan fingerprint density at radius 3 is 2.22 bits per heavy atom. The van der Waals surface area contributed by atoms with Crippen LogP contribution in [-0.2, 0) is 33.4 Å². The van der Waals surface area contributed by atoms with E-state index in [1.54, 1.807) is 28.7 Å². The van der Waals surface area contributed by atoms with Gasteiger partial charge in [0.25, 0.3) is 0 Å². The largest absolute Gasteiger partial charge is 0.481 e. The SMILES string of the molecule is CC[C@H](C)[C@@H]([C@@H](CC(=O)N1CCCC1[C@H](OC)[C@@H](C)C(=O)O)OC)N(C)C(=O)C(NC(=O)[C@@H]1[C@H]2CC[C@H](C2)N1C(C)=O)C(C)C. The van der Waals surface area contributed by atoms with Crippen LogP contribution >= 0.6 is 0 Å². The molecule has 45 heavy (non-hydrogen) atoms. The summed E-state index contributed by atoms with van der Waals surface area (Å²) in [6.45, 7) is 11.4. The highest BCUT2D eigenvalue weighted by molar-refractivity contribution is 5.93. The maximum atomic E-state index is 14.2. The number of methoxy groups -OCH3 is 2. The summed E-state index contributed by atoms with van der Waals surface area (Å²) in [6, 6.07) is -2.14. The number of likely N-dealkylation sites (N-methyl/N-ethyl adjacent to an activating group) is 1. The molecular formula is C33H56N4O8. The van der Waals surface area contributed by atoms with Gasteiger partial charge in [-0.25, -0.2) is 0 Å². The monoisotopic (exact) mass is 636 g/mol. The highest BCUT2D eigenvalue weighted by Gasteiger charge is 2.51. The molecule has 3 rings (SSSR count). The first kappa shape index (κ1) is 36.7. The molecule has 0 aromatic rings. The quantitative estimate of drug-likeness (QED) is 0.279. The highest BCUT2D eigenvalue weighted by Crippen LogP contribution is 2.42. The van der Waals surface area contributed by atoms with Crippen molar-refractivity contribution in [1.29, 1.82) is 0 Å². The van der Waals surface area contributed by atoms with Crippen LogP contribution in [0.4, 0.5) is 0 Å². The molecular weight excluding hydrogens is 580 g/mol. The predicted octanol–water partition coefficient (Wildman–Crippen LogP) is 2.53. The van der Waals surface area contributed by atoms with Crippen molar-refractivity contribution >= 4 is 29.6 Å². The van der Waals surface area contributed by atoms with Crippen LogP contribution in [0.2, 0.25) is 0 Å². The Bertz CT molecular complexity index is 1080. The second kappa shape index (κ2) is 15.7. The van der Waals surface area contributed by atoms with Gasteiger partial charge in [0, 0.05) is 40.8 Å². The summed E-state index contributed by atoms with van der Waals surface area (Å²) < 4.78 is 11.5. The van der Waals surface area contributed by atoms with Crippen molar-refractivity contribution in [3.63, 3.8) is 0 Å². The number of nitrogens with one attached hydrogen (secondary N) is 1. The van der Waals surface area contributed by atoms with Gasteiger partial charge in [0.2, 0.25) is 23.6 Å². The number of fused-ring (bicyclic) bond motifs is 2. The van der Waals surface area contributed by atoms with E-state index in [1.165, 1.54) is 21.1 Å². The highest BCUT2D eigenvalue weighted by atomic mass is 16.5. The van der Waals surface area contributed by atoms with Crippen molar-refractivity contribution in [2.75, 3.05) is 27.8 Å². The fourth-order valence-corrected chi connectivity index (χ4v) is 8.05. The minimum Gasteiger partial charge on any atom is -0.481 e. The van der Waals surface area contributed by atoms with E-state index >= 15 is 0 Å². The van der Waals surface area contributed by atoms with E-state index in [1.807, 2.05) is 27.7 Å². The number of ether oxygens (including phenoxy) is 2. The van der Waals surface area contributed by atoms with E-state index in [2.05, 4.69) is 5.32 Å². The third-order valence-corrected chi connectivity index (χ3v) is 10.7. The Hall–Kier alpha value is -2.73. The summed E-state index contributed by atoms with van der Waals surface area (Å²) >= 11 is 0. The van der Waals surface area contributed by atoms with E-state index in [-0.39, 0.29) is 59.9 Å². The Morgan fingerprint density at radius 1 is 1.02 bits per heavy atom. The molecule has 2 heterocycles. The Morgan fingerprint density at radius 2 is 1.69 bits per heavy atom. The molecule has 0 aromatic carbocycles. The maximum Gasteiger partial charge on any atom is 0.308 e. The first-order valence-electron chi connectivity index (χ1n) is 16.6. The molecule has 10 atom stereocenters. The molecule has 12 heteroatoms. The molecule has 2 aliphatic heterocycles. The molecule has 4 amide bonds. The van der Waals surface area contributed by atoms with Crippen LogP contribution in [0.25, 0.3) is 0 Å². The molecule has 3 aliphatic rings. The number of hydrogen-bond donors (Lipinski definition) is 2. The zero-order chi connectivity index (χ0) is 33.7. The summed E-state index contributed by atoms with van der Waals surface area (Å²) in [4.78, 5) is 70.8. The average molecular weight is 637 g/mol. The summed E-state index contributed by atoms with van der Waals surface area (Å²) in [5.74, 6) is -2.78. The number of carboxylic acids is 1. The van der Waals surface area contributed by atoms with Crippen LogP contribution in [0.5, 0.6) is 0 Å².